The summed E-state index contributed by atoms with van der Waals surface area (Å²) in [6.45, 7) is 3.46. The molecule has 1 aromatic carbocycles. The quantitative estimate of drug-likeness (QED) is 0.881. The zero-order valence-corrected chi connectivity index (χ0v) is 10.8. The Bertz CT molecular complexity index is 331. The molecule has 0 bridgehead atoms. The van der Waals surface area contributed by atoms with E-state index in [0.717, 1.165) is 0 Å². The van der Waals surface area contributed by atoms with E-state index in [4.69, 9.17) is 0 Å². The molecule has 0 aliphatic carbocycles. The van der Waals surface area contributed by atoms with E-state index in [1.165, 1.54) is 42.3 Å². The molecule has 1 saturated heterocycles. The van der Waals surface area contributed by atoms with E-state index in [1.807, 2.05) is 0 Å². The summed E-state index contributed by atoms with van der Waals surface area (Å²) in [4.78, 5) is 0. The molecule has 1 aliphatic rings. The smallest absolute Gasteiger partial charge is 0.0233 e. The molecule has 1 aromatic rings. The second-order valence-electron chi connectivity index (χ2n) is 4.51. The Morgan fingerprint density at radius 1 is 1.47 bits per heavy atom. The minimum Gasteiger partial charge on any atom is -0.311 e. The first-order valence-electron chi connectivity index (χ1n) is 5.74. The lowest BCUT2D eigenvalue weighted by molar-refractivity contribution is 0.188. The summed E-state index contributed by atoms with van der Waals surface area (Å²) in [5.41, 5.74) is 1.83. The van der Waals surface area contributed by atoms with Crippen molar-refractivity contribution < 1.29 is 0 Å². The van der Waals surface area contributed by atoms with Crippen molar-refractivity contribution in [3.8, 4) is 0 Å². The highest BCUT2D eigenvalue weighted by atomic mass is 79.9. The number of hydrogen-bond donors (Lipinski definition) is 1. The molecule has 2 heteroatoms. The molecule has 1 unspecified atom stereocenters. The Hall–Kier alpha value is -0.340. The van der Waals surface area contributed by atoms with Crippen LogP contribution >= 0.6 is 15.9 Å². The van der Waals surface area contributed by atoms with Gasteiger partial charge in [-0.05, 0) is 43.5 Å². The van der Waals surface area contributed by atoms with Crippen molar-refractivity contribution in [2.75, 3.05) is 6.54 Å². The van der Waals surface area contributed by atoms with Crippen LogP contribution in [0.3, 0.4) is 0 Å². The first-order chi connectivity index (χ1) is 7.24. The van der Waals surface area contributed by atoms with E-state index in [9.17, 15) is 0 Å². The van der Waals surface area contributed by atoms with Gasteiger partial charge < -0.3 is 5.32 Å². The van der Waals surface area contributed by atoms with Gasteiger partial charge in [0.15, 0.2) is 0 Å². The van der Waals surface area contributed by atoms with Gasteiger partial charge in [0, 0.05) is 10.0 Å². The monoisotopic (exact) mass is 267 g/mol. The molecule has 0 spiro atoms. The van der Waals surface area contributed by atoms with E-state index in [0.29, 0.717) is 5.54 Å². The second kappa shape index (κ2) is 4.67. The van der Waals surface area contributed by atoms with Gasteiger partial charge >= 0.3 is 0 Å². The molecule has 15 heavy (non-hydrogen) atoms. The van der Waals surface area contributed by atoms with Crippen molar-refractivity contribution in [3.05, 3.63) is 34.3 Å². The topological polar surface area (TPSA) is 12.0 Å². The highest BCUT2D eigenvalue weighted by Gasteiger charge is 2.35. The van der Waals surface area contributed by atoms with Crippen LogP contribution in [-0.4, -0.2) is 12.1 Å². The zero-order chi connectivity index (χ0) is 10.7. The SMILES string of the molecule is CCCC1(Cc2cccc(Br)c2)CCN1. The van der Waals surface area contributed by atoms with Gasteiger partial charge in [-0.1, -0.05) is 41.4 Å². The average Bonchev–Trinajstić information content (AvgIpc) is 2.15. The van der Waals surface area contributed by atoms with Crippen LogP contribution in [0.5, 0.6) is 0 Å². The summed E-state index contributed by atoms with van der Waals surface area (Å²) >= 11 is 3.53. The third-order valence-corrected chi connectivity index (χ3v) is 3.76. The zero-order valence-electron chi connectivity index (χ0n) is 9.22. The van der Waals surface area contributed by atoms with Crippen LogP contribution < -0.4 is 5.32 Å². The largest absolute Gasteiger partial charge is 0.311 e. The highest BCUT2D eigenvalue weighted by Crippen LogP contribution is 2.29. The van der Waals surface area contributed by atoms with Gasteiger partial charge in [-0.2, -0.15) is 0 Å². The molecule has 1 heterocycles. The normalized spacial score (nSPS) is 24.9. The van der Waals surface area contributed by atoms with Crippen molar-refractivity contribution in [2.45, 2.75) is 38.1 Å². The van der Waals surface area contributed by atoms with Crippen molar-refractivity contribution in [1.82, 2.24) is 5.32 Å². The molecule has 2 rings (SSSR count). The highest BCUT2D eigenvalue weighted by molar-refractivity contribution is 9.10. The maximum absolute atomic E-state index is 3.61. The van der Waals surface area contributed by atoms with Crippen LogP contribution in [-0.2, 0) is 6.42 Å². The summed E-state index contributed by atoms with van der Waals surface area (Å²) in [5.74, 6) is 0. The first-order valence-corrected chi connectivity index (χ1v) is 6.53. The molecule has 1 fully saturated rings. The second-order valence-corrected chi connectivity index (χ2v) is 5.43. The van der Waals surface area contributed by atoms with Crippen LogP contribution in [0, 0.1) is 0 Å². The third-order valence-electron chi connectivity index (χ3n) is 3.26. The van der Waals surface area contributed by atoms with Gasteiger partial charge in [-0.15, -0.1) is 0 Å². The summed E-state index contributed by atoms with van der Waals surface area (Å²) in [7, 11) is 0. The maximum atomic E-state index is 3.61. The van der Waals surface area contributed by atoms with Gasteiger partial charge in [-0.25, -0.2) is 0 Å². The molecule has 1 aliphatic heterocycles. The van der Waals surface area contributed by atoms with Crippen molar-refractivity contribution in [2.24, 2.45) is 0 Å². The lowest BCUT2D eigenvalue weighted by atomic mass is 9.78. The average molecular weight is 268 g/mol. The standard InChI is InChI=1S/C13H18BrN/c1-2-6-13(7-8-15-13)10-11-4-3-5-12(14)9-11/h3-5,9,15H,2,6-8,10H2,1H3. The fourth-order valence-electron chi connectivity index (χ4n) is 2.45. The minimum absolute atomic E-state index is 0.398. The number of halogens is 1. The number of nitrogens with one attached hydrogen (secondary N) is 1. The minimum atomic E-state index is 0.398. The first kappa shape index (κ1) is 11.2. The van der Waals surface area contributed by atoms with E-state index in [-0.39, 0.29) is 0 Å². The fraction of sp³-hybridized carbons (Fsp3) is 0.538. The van der Waals surface area contributed by atoms with Gasteiger partial charge in [0.2, 0.25) is 0 Å². The molecule has 82 valence electrons. The van der Waals surface area contributed by atoms with Crippen molar-refractivity contribution >= 4 is 15.9 Å². The molecule has 1 atom stereocenters. The van der Waals surface area contributed by atoms with Crippen LogP contribution in [0.2, 0.25) is 0 Å². The van der Waals surface area contributed by atoms with E-state index < -0.39 is 0 Å². The molecule has 0 aromatic heterocycles. The van der Waals surface area contributed by atoms with Crippen LogP contribution in [0.25, 0.3) is 0 Å². The molecule has 0 radical (unpaired) electrons. The van der Waals surface area contributed by atoms with Crippen molar-refractivity contribution in [3.63, 3.8) is 0 Å². The Balaban J connectivity index is 2.06. The number of rotatable bonds is 4. The van der Waals surface area contributed by atoms with Crippen LogP contribution in [0.1, 0.15) is 31.7 Å². The predicted molar refractivity (Wildman–Crippen MR) is 68.1 cm³/mol. The lowest BCUT2D eigenvalue weighted by Crippen LogP contribution is -2.58. The third kappa shape index (κ3) is 2.61. The Labute approximate surface area is 100 Å². The van der Waals surface area contributed by atoms with E-state index in [2.05, 4.69) is 52.4 Å². The molecular formula is C13H18BrN. The summed E-state index contributed by atoms with van der Waals surface area (Å²) in [6, 6.07) is 8.67. The number of hydrogen-bond acceptors (Lipinski definition) is 1. The van der Waals surface area contributed by atoms with E-state index in [1.54, 1.807) is 0 Å². The van der Waals surface area contributed by atoms with Crippen LogP contribution in [0.15, 0.2) is 28.7 Å². The van der Waals surface area contributed by atoms with Crippen molar-refractivity contribution in [1.29, 1.82) is 0 Å². The molecule has 1 N–H and O–H groups in total. The van der Waals surface area contributed by atoms with Gasteiger partial charge in [0.1, 0.15) is 0 Å². The lowest BCUT2D eigenvalue weighted by Gasteiger charge is -2.44. The van der Waals surface area contributed by atoms with Gasteiger partial charge in [-0.3, -0.25) is 0 Å². The maximum Gasteiger partial charge on any atom is 0.0233 e. The Morgan fingerprint density at radius 2 is 2.27 bits per heavy atom. The van der Waals surface area contributed by atoms with E-state index >= 15 is 0 Å². The summed E-state index contributed by atoms with van der Waals surface area (Å²) in [6.07, 6.45) is 5.05. The number of benzene rings is 1. The summed E-state index contributed by atoms with van der Waals surface area (Å²) in [5, 5.41) is 3.61. The molecule has 0 amide bonds. The fourth-order valence-corrected chi connectivity index (χ4v) is 2.89. The Morgan fingerprint density at radius 3 is 2.80 bits per heavy atom. The Kier molecular flexibility index (Phi) is 3.47. The predicted octanol–water partition coefficient (Wildman–Crippen LogP) is 3.52. The summed E-state index contributed by atoms with van der Waals surface area (Å²) < 4.78 is 1.19. The van der Waals surface area contributed by atoms with Gasteiger partial charge in [0.05, 0.1) is 0 Å². The molecule has 1 nitrogen and oxygen atoms in total. The van der Waals surface area contributed by atoms with Gasteiger partial charge in [0.25, 0.3) is 0 Å². The molecular weight excluding hydrogens is 250 g/mol. The van der Waals surface area contributed by atoms with Crippen LogP contribution in [0.4, 0.5) is 0 Å². The molecule has 0 saturated carbocycles.